The minimum Gasteiger partial charge on any atom is -0.497 e. The Kier molecular flexibility index (Phi) is 3.78. The Hall–Kier alpha value is -3.92. The molecule has 31 heavy (non-hydrogen) atoms. The summed E-state index contributed by atoms with van der Waals surface area (Å²) in [5, 5.41) is 2.43. The second kappa shape index (κ2) is 6.54. The molecule has 1 aromatic heterocycles. The minimum atomic E-state index is 0.875. The van der Waals surface area contributed by atoms with E-state index in [0.717, 1.165) is 34.2 Å². The van der Waals surface area contributed by atoms with Crippen molar-refractivity contribution in [3.63, 3.8) is 0 Å². The lowest BCUT2D eigenvalue weighted by molar-refractivity contribution is 0.415. The number of ether oxygens (including phenoxy) is 2. The maximum absolute atomic E-state index is 6.23. The molecule has 4 nitrogen and oxygen atoms in total. The van der Waals surface area contributed by atoms with E-state index in [-0.39, 0.29) is 0 Å². The Morgan fingerprint density at radius 3 is 2.32 bits per heavy atom. The summed E-state index contributed by atoms with van der Waals surface area (Å²) in [4.78, 5) is 2.18. The first-order chi connectivity index (χ1) is 15.1. The molecule has 0 N–H and O–H groups in total. The Morgan fingerprint density at radius 1 is 0.677 bits per heavy atom. The van der Waals surface area contributed by atoms with Crippen molar-refractivity contribution in [3.8, 4) is 28.4 Å². The highest BCUT2D eigenvalue weighted by atomic mass is 16.5. The first-order valence-electron chi connectivity index (χ1n) is 10.4. The zero-order valence-electron chi connectivity index (χ0n) is 17.7. The molecular formula is C27H22N2O2. The van der Waals surface area contributed by atoms with Gasteiger partial charge in [0.15, 0.2) is 11.5 Å². The average molecular weight is 406 g/mol. The molecule has 2 heterocycles. The van der Waals surface area contributed by atoms with Crippen LogP contribution in [-0.4, -0.2) is 18.7 Å². The summed E-state index contributed by atoms with van der Waals surface area (Å²) in [6, 6.07) is 27.4. The van der Waals surface area contributed by atoms with E-state index in [1.165, 1.54) is 27.4 Å². The van der Waals surface area contributed by atoms with Crippen molar-refractivity contribution in [1.82, 2.24) is 4.57 Å². The van der Waals surface area contributed by atoms with Crippen LogP contribution in [0.1, 0.15) is 0 Å². The number of benzene rings is 4. The maximum atomic E-state index is 6.23. The van der Waals surface area contributed by atoms with Gasteiger partial charge >= 0.3 is 0 Å². The van der Waals surface area contributed by atoms with Crippen molar-refractivity contribution in [2.45, 2.75) is 0 Å². The van der Waals surface area contributed by atoms with Gasteiger partial charge < -0.3 is 18.9 Å². The zero-order chi connectivity index (χ0) is 21.1. The van der Waals surface area contributed by atoms with Crippen LogP contribution < -0.4 is 14.4 Å². The number of nitrogens with zero attached hydrogens (tertiary/aromatic N) is 2. The monoisotopic (exact) mass is 406 g/mol. The molecule has 4 heteroatoms. The molecule has 0 atom stereocenters. The molecule has 0 amide bonds. The molecule has 152 valence electrons. The summed E-state index contributed by atoms with van der Waals surface area (Å²) in [6.45, 7) is 0. The van der Waals surface area contributed by atoms with Crippen LogP contribution >= 0.6 is 0 Å². The lowest BCUT2D eigenvalue weighted by Crippen LogP contribution is -2.15. The fraction of sp³-hybridized carbons (Fsp3) is 0.111. The minimum absolute atomic E-state index is 0.875. The molecule has 0 spiro atoms. The summed E-state index contributed by atoms with van der Waals surface area (Å²) in [7, 11) is 5.90. The molecule has 4 aromatic carbocycles. The van der Waals surface area contributed by atoms with Crippen molar-refractivity contribution in [2.75, 3.05) is 19.1 Å². The number of aromatic nitrogens is 1. The Balaban J connectivity index is 1.47. The summed E-state index contributed by atoms with van der Waals surface area (Å²) < 4.78 is 13.9. The van der Waals surface area contributed by atoms with Crippen LogP contribution in [0.3, 0.4) is 0 Å². The van der Waals surface area contributed by atoms with Gasteiger partial charge in [-0.05, 0) is 59.7 Å². The van der Waals surface area contributed by atoms with Gasteiger partial charge in [-0.2, -0.15) is 0 Å². The van der Waals surface area contributed by atoms with Crippen molar-refractivity contribution in [3.05, 3.63) is 78.9 Å². The smallest absolute Gasteiger partial charge is 0.151 e. The van der Waals surface area contributed by atoms with Crippen molar-refractivity contribution in [2.24, 2.45) is 7.05 Å². The van der Waals surface area contributed by atoms with E-state index in [2.05, 4.69) is 78.2 Å². The van der Waals surface area contributed by atoms with Crippen molar-refractivity contribution >= 4 is 33.2 Å². The molecule has 0 radical (unpaired) electrons. The highest BCUT2D eigenvalue weighted by molar-refractivity contribution is 6.09. The van der Waals surface area contributed by atoms with E-state index in [1.807, 2.05) is 24.3 Å². The first-order valence-corrected chi connectivity index (χ1v) is 10.4. The predicted octanol–water partition coefficient (Wildman–Crippen LogP) is 6.88. The molecule has 1 aliphatic rings. The largest absolute Gasteiger partial charge is 0.497 e. The average Bonchev–Trinajstić information content (AvgIpc) is 3.09. The Labute approximate surface area is 180 Å². The topological polar surface area (TPSA) is 26.6 Å². The number of fused-ring (bicyclic) bond motifs is 5. The third-order valence-corrected chi connectivity index (χ3v) is 6.32. The fourth-order valence-corrected chi connectivity index (χ4v) is 4.62. The van der Waals surface area contributed by atoms with Crippen LogP contribution in [0.5, 0.6) is 17.2 Å². The summed E-state index contributed by atoms with van der Waals surface area (Å²) in [5.41, 5.74) is 6.84. The second-order valence-electron chi connectivity index (χ2n) is 7.99. The van der Waals surface area contributed by atoms with E-state index in [1.54, 1.807) is 7.11 Å². The number of aryl methyl sites for hydroxylation is 1. The van der Waals surface area contributed by atoms with Gasteiger partial charge in [-0.3, -0.25) is 0 Å². The summed E-state index contributed by atoms with van der Waals surface area (Å²) in [6.07, 6.45) is 0. The van der Waals surface area contributed by atoms with Crippen molar-refractivity contribution < 1.29 is 9.47 Å². The van der Waals surface area contributed by atoms with E-state index in [0.29, 0.717) is 0 Å². The number of hydrogen-bond acceptors (Lipinski definition) is 3. The van der Waals surface area contributed by atoms with E-state index < -0.39 is 0 Å². The quantitative estimate of drug-likeness (QED) is 0.320. The van der Waals surface area contributed by atoms with E-state index in [9.17, 15) is 0 Å². The molecule has 0 aliphatic carbocycles. The van der Waals surface area contributed by atoms with Gasteiger partial charge in [0, 0.05) is 35.9 Å². The van der Waals surface area contributed by atoms with Crippen LogP contribution in [0.25, 0.3) is 32.9 Å². The van der Waals surface area contributed by atoms with Crippen molar-refractivity contribution in [1.29, 1.82) is 0 Å². The van der Waals surface area contributed by atoms with Gasteiger partial charge in [-0.15, -0.1) is 0 Å². The van der Waals surface area contributed by atoms with Crippen LogP contribution in [0.4, 0.5) is 11.4 Å². The SMILES string of the molecule is COc1ccc2c(c1)c1ccc(-c3ccc4c(c3)Oc3ccccc3N4C)cc1n2C. The fourth-order valence-electron chi connectivity index (χ4n) is 4.62. The van der Waals surface area contributed by atoms with E-state index >= 15 is 0 Å². The van der Waals surface area contributed by atoms with Crippen LogP contribution in [0.15, 0.2) is 78.9 Å². The molecule has 0 bridgehead atoms. The summed E-state index contributed by atoms with van der Waals surface area (Å²) >= 11 is 0. The maximum Gasteiger partial charge on any atom is 0.151 e. The first kappa shape index (κ1) is 17.9. The number of methoxy groups -OCH3 is 1. The Morgan fingerprint density at radius 2 is 1.45 bits per heavy atom. The standard InChI is InChI=1S/C27H22N2O2/c1-28-22-13-10-19(30-3)16-21(22)20-11-8-17(14-25(20)28)18-9-12-24-27(15-18)31-26-7-5-4-6-23(26)29(24)2/h4-16H,1-3H3. The van der Waals surface area contributed by atoms with E-state index in [4.69, 9.17) is 9.47 Å². The lowest BCUT2D eigenvalue weighted by atomic mass is 10.0. The number of rotatable bonds is 2. The number of para-hydroxylation sites is 2. The van der Waals surface area contributed by atoms with Gasteiger partial charge in [0.1, 0.15) is 5.75 Å². The molecular weight excluding hydrogens is 384 g/mol. The molecule has 0 saturated carbocycles. The molecule has 0 saturated heterocycles. The predicted molar refractivity (Wildman–Crippen MR) is 127 cm³/mol. The Bertz CT molecular complexity index is 1480. The highest BCUT2D eigenvalue weighted by Gasteiger charge is 2.21. The molecule has 0 unspecified atom stereocenters. The zero-order valence-corrected chi connectivity index (χ0v) is 17.7. The van der Waals surface area contributed by atoms with Gasteiger partial charge in [-0.1, -0.05) is 30.3 Å². The normalized spacial score (nSPS) is 12.5. The van der Waals surface area contributed by atoms with Gasteiger partial charge in [0.25, 0.3) is 0 Å². The third kappa shape index (κ3) is 2.61. The van der Waals surface area contributed by atoms with Gasteiger partial charge in [0.05, 0.1) is 18.5 Å². The number of anilines is 2. The van der Waals surface area contributed by atoms with Gasteiger partial charge in [-0.25, -0.2) is 0 Å². The molecule has 1 aliphatic heterocycles. The third-order valence-electron chi connectivity index (χ3n) is 6.32. The molecule has 0 fully saturated rings. The number of hydrogen-bond donors (Lipinski definition) is 0. The lowest BCUT2D eigenvalue weighted by Gasteiger charge is -2.29. The van der Waals surface area contributed by atoms with Gasteiger partial charge in [0.2, 0.25) is 0 Å². The summed E-state index contributed by atoms with van der Waals surface area (Å²) in [5.74, 6) is 2.63. The van der Waals surface area contributed by atoms with Crippen LogP contribution in [0, 0.1) is 0 Å². The molecule has 5 aromatic rings. The van der Waals surface area contributed by atoms with Crippen LogP contribution in [-0.2, 0) is 7.05 Å². The second-order valence-corrected chi connectivity index (χ2v) is 7.99. The molecule has 6 rings (SSSR count). The van der Waals surface area contributed by atoms with Crippen LogP contribution in [0.2, 0.25) is 0 Å². The highest BCUT2D eigenvalue weighted by Crippen LogP contribution is 2.47.